The van der Waals surface area contributed by atoms with Gasteiger partial charge in [0.25, 0.3) is 0 Å². The van der Waals surface area contributed by atoms with Crippen molar-refractivity contribution in [2.45, 2.75) is 6.54 Å². The molecule has 3 heterocycles. The Bertz CT molecular complexity index is 1090. The fourth-order valence-electron chi connectivity index (χ4n) is 2.78. The topological polar surface area (TPSA) is 75.6 Å². The van der Waals surface area contributed by atoms with Crippen LogP contribution >= 0.6 is 15.9 Å². The summed E-state index contributed by atoms with van der Waals surface area (Å²) in [6.07, 6.45) is 3.50. The molecule has 0 saturated heterocycles. The van der Waals surface area contributed by atoms with Crippen molar-refractivity contribution in [2.75, 3.05) is 11.9 Å². The first kappa shape index (κ1) is 14.9. The maximum atomic E-state index is 12.1. The van der Waals surface area contributed by atoms with Crippen molar-refractivity contribution in [1.29, 1.82) is 0 Å². The van der Waals surface area contributed by atoms with Crippen LogP contribution in [0.3, 0.4) is 0 Å². The van der Waals surface area contributed by atoms with Crippen molar-refractivity contribution in [2.24, 2.45) is 0 Å². The average molecular weight is 384 g/mol. The first-order valence-corrected chi connectivity index (χ1v) is 8.33. The lowest BCUT2D eigenvalue weighted by molar-refractivity contribution is 0.721. The van der Waals surface area contributed by atoms with E-state index in [-0.39, 0.29) is 5.69 Å². The van der Waals surface area contributed by atoms with Gasteiger partial charge in [-0.25, -0.2) is 4.79 Å². The number of pyridine rings is 2. The van der Waals surface area contributed by atoms with Crippen LogP contribution in [0.25, 0.3) is 22.1 Å². The molecule has 0 spiro atoms. The number of hydrogen-bond acceptors (Lipinski definition) is 4. The van der Waals surface area contributed by atoms with Crippen LogP contribution in [0.5, 0.6) is 0 Å². The Balaban J connectivity index is 1.57. The standard InChI is InChI=1S/C17H14BrN5O/c18-11-9-14-16(21-10-11)13(5-6-19-14)20-7-8-23-15-4-2-1-3-12(15)22-17(23)24/h1-6,9-10H,7-8H2,(H,19,20)(H,22,24). The summed E-state index contributed by atoms with van der Waals surface area (Å²) in [6, 6.07) is 11.5. The number of nitrogens with zero attached hydrogens (tertiary/aromatic N) is 3. The first-order chi connectivity index (χ1) is 11.7. The molecule has 0 aliphatic carbocycles. The molecule has 0 radical (unpaired) electrons. The molecule has 0 bridgehead atoms. The number of hydrogen-bond donors (Lipinski definition) is 2. The zero-order valence-corrected chi connectivity index (χ0v) is 14.2. The fraction of sp³-hybridized carbons (Fsp3) is 0.118. The SMILES string of the molecule is O=c1[nH]c2ccccc2n1CCNc1ccnc2cc(Br)cnc12. The molecule has 0 saturated carbocycles. The largest absolute Gasteiger partial charge is 0.381 e. The zero-order chi connectivity index (χ0) is 16.5. The Hall–Kier alpha value is -2.67. The molecule has 0 unspecified atom stereocenters. The number of benzene rings is 1. The number of rotatable bonds is 4. The lowest BCUT2D eigenvalue weighted by Gasteiger charge is -2.09. The molecule has 7 heteroatoms. The van der Waals surface area contributed by atoms with Gasteiger partial charge in [0.05, 0.1) is 22.2 Å². The molecule has 120 valence electrons. The Labute approximate surface area is 145 Å². The van der Waals surface area contributed by atoms with Gasteiger partial charge in [0.2, 0.25) is 0 Å². The normalized spacial score (nSPS) is 11.2. The number of halogens is 1. The highest BCUT2D eigenvalue weighted by Gasteiger charge is 2.07. The van der Waals surface area contributed by atoms with Gasteiger partial charge in [-0.05, 0) is 40.2 Å². The summed E-state index contributed by atoms with van der Waals surface area (Å²) >= 11 is 3.40. The number of fused-ring (bicyclic) bond motifs is 2. The van der Waals surface area contributed by atoms with E-state index in [2.05, 4.69) is 36.2 Å². The van der Waals surface area contributed by atoms with Crippen molar-refractivity contribution in [1.82, 2.24) is 19.5 Å². The second-order valence-electron chi connectivity index (χ2n) is 5.41. The predicted molar refractivity (Wildman–Crippen MR) is 98.3 cm³/mol. The molecular formula is C17H14BrN5O. The van der Waals surface area contributed by atoms with Gasteiger partial charge in [-0.15, -0.1) is 0 Å². The van der Waals surface area contributed by atoms with E-state index in [1.807, 2.05) is 36.4 Å². The molecule has 4 aromatic rings. The number of imidazole rings is 1. The van der Waals surface area contributed by atoms with Crippen molar-refractivity contribution < 1.29 is 0 Å². The van der Waals surface area contributed by atoms with E-state index in [0.29, 0.717) is 13.1 Å². The minimum Gasteiger partial charge on any atom is -0.381 e. The summed E-state index contributed by atoms with van der Waals surface area (Å²) in [4.78, 5) is 23.7. The third-order valence-corrected chi connectivity index (χ3v) is 4.31. The van der Waals surface area contributed by atoms with Crippen LogP contribution in [0.2, 0.25) is 0 Å². The van der Waals surface area contributed by atoms with Gasteiger partial charge >= 0.3 is 5.69 Å². The van der Waals surface area contributed by atoms with E-state index in [1.54, 1.807) is 17.0 Å². The number of aromatic nitrogens is 4. The summed E-state index contributed by atoms with van der Waals surface area (Å²) in [6.45, 7) is 1.17. The van der Waals surface area contributed by atoms with Crippen molar-refractivity contribution >= 4 is 43.7 Å². The molecule has 6 nitrogen and oxygen atoms in total. The van der Waals surface area contributed by atoms with Gasteiger partial charge < -0.3 is 10.3 Å². The van der Waals surface area contributed by atoms with Gasteiger partial charge in [-0.2, -0.15) is 0 Å². The van der Waals surface area contributed by atoms with Crippen LogP contribution in [0, 0.1) is 0 Å². The van der Waals surface area contributed by atoms with E-state index < -0.39 is 0 Å². The first-order valence-electron chi connectivity index (χ1n) is 7.54. The van der Waals surface area contributed by atoms with Crippen LogP contribution in [-0.2, 0) is 6.54 Å². The van der Waals surface area contributed by atoms with Gasteiger partial charge in [0.1, 0.15) is 5.52 Å². The molecule has 0 aliphatic heterocycles. The molecule has 24 heavy (non-hydrogen) atoms. The van der Waals surface area contributed by atoms with Crippen LogP contribution in [0.15, 0.2) is 58.1 Å². The third kappa shape index (κ3) is 2.67. The molecular weight excluding hydrogens is 370 g/mol. The summed E-state index contributed by atoms with van der Waals surface area (Å²) in [5, 5.41) is 3.35. The van der Waals surface area contributed by atoms with E-state index >= 15 is 0 Å². The average Bonchev–Trinajstić information content (AvgIpc) is 2.90. The van der Waals surface area contributed by atoms with Crippen LogP contribution in [0.4, 0.5) is 5.69 Å². The van der Waals surface area contributed by atoms with Crippen LogP contribution in [0.1, 0.15) is 0 Å². The summed E-state index contributed by atoms with van der Waals surface area (Å²) in [7, 11) is 0. The molecule has 0 aliphatic rings. The monoisotopic (exact) mass is 383 g/mol. The molecule has 4 rings (SSSR count). The molecule has 3 aromatic heterocycles. The van der Waals surface area contributed by atoms with Gasteiger partial charge in [-0.1, -0.05) is 12.1 Å². The Morgan fingerprint density at radius 2 is 2.08 bits per heavy atom. The van der Waals surface area contributed by atoms with Crippen molar-refractivity contribution in [3.8, 4) is 0 Å². The van der Waals surface area contributed by atoms with Gasteiger partial charge in [0, 0.05) is 30.0 Å². The molecule has 2 N–H and O–H groups in total. The smallest absolute Gasteiger partial charge is 0.326 e. The summed E-state index contributed by atoms with van der Waals surface area (Å²) < 4.78 is 2.63. The lowest BCUT2D eigenvalue weighted by atomic mass is 10.3. The van der Waals surface area contributed by atoms with E-state index in [4.69, 9.17) is 0 Å². The quantitative estimate of drug-likeness (QED) is 0.567. The number of anilines is 1. The second kappa shape index (κ2) is 6.09. The number of H-pyrrole nitrogens is 1. The second-order valence-corrected chi connectivity index (χ2v) is 6.32. The summed E-state index contributed by atoms with van der Waals surface area (Å²) in [5.74, 6) is 0. The summed E-state index contributed by atoms with van der Waals surface area (Å²) in [5.41, 5.74) is 4.19. The molecule has 1 aromatic carbocycles. The maximum Gasteiger partial charge on any atom is 0.326 e. The van der Waals surface area contributed by atoms with Crippen molar-refractivity contribution in [3.63, 3.8) is 0 Å². The van der Waals surface area contributed by atoms with Crippen LogP contribution < -0.4 is 11.0 Å². The minimum atomic E-state index is -0.0976. The van der Waals surface area contributed by atoms with Gasteiger partial charge in [0.15, 0.2) is 0 Å². The Kier molecular flexibility index (Phi) is 3.78. The van der Waals surface area contributed by atoms with Crippen LogP contribution in [-0.4, -0.2) is 26.1 Å². The number of nitrogens with one attached hydrogen (secondary N) is 2. The molecule has 0 fully saturated rings. The highest BCUT2D eigenvalue weighted by molar-refractivity contribution is 9.10. The number of aromatic amines is 1. The minimum absolute atomic E-state index is 0.0976. The third-order valence-electron chi connectivity index (χ3n) is 3.88. The fourth-order valence-corrected chi connectivity index (χ4v) is 3.10. The van der Waals surface area contributed by atoms with E-state index in [9.17, 15) is 4.79 Å². The maximum absolute atomic E-state index is 12.1. The molecule has 0 amide bonds. The van der Waals surface area contributed by atoms with Gasteiger partial charge in [-0.3, -0.25) is 14.5 Å². The lowest BCUT2D eigenvalue weighted by Crippen LogP contribution is -2.21. The number of para-hydroxylation sites is 2. The highest BCUT2D eigenvalue weighted by Crippen LogP contribution is 2.21. The Morgan fingerprint density at radius 3 is 3.00 bits per heavy atom. The Morgan fingerprint density at radius 1 is 1.21 bits per heavy atom. The molecule has 0 atom stereocenters. The van der Waals surface area contributed by atoms with Crippen molar-refractivity contribution in [3.05, 3.63) is 63.7 Å². The van der Waals surface area contributed by atoms with E-state index in [1.165, 1.54) is 0 Å². The zero-order valence-electron chi connectivity index (χ0n) is 12.7. The highest BCUT2D eigenvalue weighted by atomic mass is 79.9. The van der Waals surface area contributed by atoms with E-state index in [0.717, 1.165) is 32.2 Å². The predicted octanol–water partition coefficient (Wildman–Crippen LogP) is 3.15.